The zero-order chi connectivity index (χ0) is 27.7. The van der Waals surface area contributed by atoms with Gasteiger partial charge in [-0.15, -0.1) is 0 Å². The number of hydrogen-bond acceptors (Lipinski definition) is 5. The first-order valence-electron chi connectivity index (χ1n) is 12.6. The molecule has 202 valence electrons. The Labute approximate surface area is 225 Å². The minimum atomic E-state index is -4.16. The molecule has 1 N–H and O–H groups in total. The second-order valence-electron chi connectivity index (χ2n) is 9.07. The van der Waals surface area contributed by atoms with Gasteiger partial charge in [-0.2, -0.15) is 0 Å². The highest BCUT2D eigenvalue weighted by molar-refractivity contribution is 7.92. The highest BCUT2D eigenvalue weighted by atomic mass is 32.2. The third-order valence-electron chi connectivity index (χ3n) is 5.84. The number of anilines is 1. The summed E-state index contributed by atoms with van der Waals surface area (Å²) >= 11 is 0. The molecule has 0 aromatic heterocycles. The number of rotatable bonds is 12. The lowest BCUT2D eigenvalue weighted by atomic mass is 10.1. The molecule has 0 aliphatic heterocycles. The van der Waals surface area contributed by atoms with Gasteiger partial charge in [0, 0.05) is 12.6 Å². The molecule has 0 saturated carbocycles. The van der Waals surface area contributed by atoms with Crippen LogP contribution in [0.4, 0.5) is 5.69 Å². The summed E-state index contributed by atoms with van der Waals surface area (Å²) in [5, 5.41) is 2.85. The first kappa shape index (κ1) is 28.7. The lowest BCUT2D eigenvalue weighted by Gasteiger charge is -2.32. The van der Waals surface area contributed by atoms with Gasteiger partial charge < -0.3 is 15.0 Å². The molecule has 3 rings (SSSR count). The Morgan fingerprint density at radius 1 is 0.868 bits per heavy atom. The van der Waals surface area contributed by atoms with E-state index in [0.29, 0.717) is 12.4 Å². The quantitative estimate of drug-likeness (QED) is 0.373. The predicted molar refractivity (Wildman–Crippen MR) is 148 cm³/mol. The van der Waals surface area contributed by atoms with Crippen molar-refractivity contribution in [3.05, 3.63) is 90.5 Å². The highest BCUT2D eigenvalue weighted by Gasteiger charge is 2.33. The van der Waals surface area contributed by atoms with Crippen LogP contribution in [0.15, 0.2) is 89.8 Å². The van der Waals surface area contributed by atoms with E-state index in [1.165, 1.54) is 17.0 Å². The molecule has 38 heavy (non-hydrogen) atoms. The lowest BCUT2D eigenvalue weighted by Crippen LogP contribution is -2.52. The summed E-state index contributed by atoms with van der Waals surface area (Å²) in [4.78, 5) is 28.3. The van der Waals surface area contributed by atoms with E-state index >= 15 is 0 Å². The van der Waals surface area contributed by atoms with Crippen LogP contribution in [0.1, 0.15) is 33.3 Å². The van der Waals surface area contributed by atoms with Crippen molar-refractivity contribution < 1.29 is 22.7 Å². The molecule has 3 aromatic carbocycles. The van der Waals surface area contributed by atoms with Gasteiger partial charge in [0.05, 0.1) is 17.2 Å². The van der Waals surface area contributed by atoms with Crippen LogP contribution >= 0.6 is 0 Å². The first-order chi connectivity index (χ1) is 18.1. The second-order valence-corrected chi connectivity index (χ2v) is 10.9. The number of nitrogens with zero attached hydrogens (tertiary/aromatic N) is 2. The lowest BCUT2D eigenvalue weighted by molar-refractivity contribution is -0.139. The van der Waals surface area contributed by atoms with Crippen molar-refractivity contribution in [3.8, 4) is 5.75 Å². The zero-order valence-corrected chi connectivity index (χ0v) is 23.0. The van der Waals surface area contributed by atoms with Gasteiger partial charge in [0.1, 0.15) is 18.3 Å². The van der Waals surface area contributed by atoms with Gasteiger partial charge in [0.25, 0.3) is 10.0 Å². The minimum Gasteiger partial charge on any atom is -0.492 e. The van der Waals surface area contributed by atoms with E-state index < -0.39 is 28.5 Å². The van der Waals surface area contributed by atoms with Gasteiger partial charge in [0.2, 0.25) is 11.8 Å². The summed E-state index contributed by atoms with van der Waals surface area (Å²) in [6, 6.07) is 23.0. The maximum Gasteiger partial charge on any atom is 0.264 e. The van der Waals surface area contributed by atoms with Crippen molar-refractivity contribution in [3.63, 3.8) is 0 Å². The third-order valence-corrected chi connectivity index (χ3v) is 7.61. The smallest absolute Gasteiger partial charge is 0.264 e. The molecule has 0 fully saturated rings. The van der Waals surface area contributed by atoms with Gasteiger partial charge in [-0.1, -0.05) is 60.7 Å². The largest absolute Gasteiger partial charge is 0.492 e. The molecule has 8 nitrogen and oxygen atoms in total. The molecule has 3 aromatic rings. The molecule has 0 heterocycles. The summed E-state index contributed by atoms with van der Waals surface area (Å²) in [6.07, 6.45) is 0. The number of sulfonamides is 1. The predicted octanol–water partition coefficient (Wildman–Crippen LogP) is 4.22. The summed E-state index contributed by atoms with van der Waals surface area (Å²) < 4.78 is 34.5. The second kappa shape index (κ2) is 13.1. The van der Waals surface area contributed by atoms with Crippen LogP contribution in [0.5, 0.6) is 5.75 Å². The van der Waals surface area contributed by atoms with Gasteiger partial charge in [-0.3, -0.25) is 13.9 Å². The molecule has 1 atom stereocenters. The first-order valence-corrected chi connectivity index (χ1v) is 14.0. The topological polar surface area (TPSA) is 96.0 Å². The number of nitrogens with one attached hydrogen (secondary N) is 1. The van der Waals surface area contributed by atoms with E-state index in [9.17, 15) is 18.0 Å². The molecular weight excluding hydrogens is 502 g/mol. The summed E-state index contributed by atoms with van der Waals surface area (Å²) in [6.45, 7) is 7.06. The summed E-state index contributed by atoms with van der Waals surface area (Å²) in [5.41, 5.74) is 1.06. The maximum atomic E-state index is 13.9. The Kier molecular flexibility index (Phi) is 9.90. The molecule has 0 radical (unpaired) electrons. The van der Waals surface area contributed by atoms with Crippen LogP contribution in [0, 0.1) is 0 Å². The van der Waals surface area contributed by atoms with Crippen molar-refractivity contribution in [2.45, 2.75) is 51.2 Å². The molecule has 0 saturated heterocycles. The average Bonchev–Trinajstić information content (AvgIpc) is 2.91. The Bertz CT molecular complexity index is 1310. The number of hydrogen-bond donors (Lipinski definition) is 1. The van der Waals surface area contributed by atoms with Crippen LogP contribution in [0.2, 0.25) is 0 Å². The Morgan fingerprint density at radius 3 is 2.05 bits per heavy atom. The van der Waals surface area contributed by atoms with Gasteiger partial charge >= 0.3 is 0 Å². The molecule has 0 bridgehead atoms. The van der Waals surface area contributed by atoms with E-state index in [1.54, 1.807) is 56.3 Å². The average molecular weight is 538 g/mol. The Morgan fingerprint density at radius 2 is 1.45 bits per heavy atom. The molecule has 0 unspecified atom stereocenters. The van der Waals surface area contributed by atoms with Crippen LogP contribution < -0.4 is 14.4 Å². The SMILES string of the molecule is CCOc1ccccc1N(CC(=O)N(Cc1ccccc1)[C@H](C)C(=O)NC(C)C)S(=O)(=O)c1ccccc1. The summed E-state index contributed by atoms with van der Waals surface area (Å²) in [5.74, 6) is -0.509. The van der Waals surface area contributed by atoms with E-state index in [4.69, 9.17) is 4.74 Å². The fraction of sp³-hybridized carbons (Fsp3) is 0.310. The van der Waals surface area contributed by atoms with Gasteiger partial charge in [-0.05, 0) is 57.5 Å². The standard InChI is InChI=1S/C29H35N3O5S/c1-5-37-27-19-13-12-18-26(27)32(38(35,36)25-16-10-7-11-17-25)21-28(33)31(20-24-14-8-6-9-15-24)23(4)29(34)30-22(2)3/h6-19,22-23H,5,20-21H2,1-4H3,(H,30,34)/t23-/m1/s1. The molecule has 0 aliphatic carbocycles. The number of amides is 2. The van der Waals surface area contributed by atoms with Crippen LogP contribution in [0.3, 0.4) is 0 Å². The minimum absolute atomic E-state index is 0.0410. The van der Waals surface area contributed by atoms with Crippen LogP contribution in [0.25, 0.3) is 0 Å². The van der Waals surface area contributed by atoms with E-state index in [1.807, 2.05) is 44.2 Å². The van der Waals surface area contributed by atoms with Crippen molar-refractivity contribution >= 4 is 27.5 Å². The van der Waals surface area contributed by atoms with Crippen molar-refractivity contribution in [2.75, 3.05) is 17.5 Å². The number of para-hydroxylation sites is 2. The summed E-state index contributed by atoms with van der Waals surface area (Å²) in [7, 11) is -4.16. The molecule has 0 spiro atoms. The number of ether oxygens (including phenoxy) is 1. The normalized spacial score (nSPS) is 12.0. The molecular formula is C29H35N3O5S. The Hall–Kier alpha value is -3.85. The number of carbonyl (C=O) groups is 2. The fourth-order valence-electron chi connectivity index (χ4n) is 3.94. The van der Waals surface area contributed by atoms with Crippen molar-refractivity contribution in [2.24, 2.45) is 0 Å². The zero-order valence-electron chi connectivity index (χ0n) is 22.2. The van der Waals surface area contributed by atoms with E-state index in [2.05, 4.69) is 5.32 Å². The van der Waals surface area contributed by atoms with E-state index in [0.717, 1.165) is 9.87 Å². The fourth-order valence-corrected chi connectivity index (χ4v) is 5.39. The monoisotopic (exact) mass is 537 g/mol. The Balaban J connectivity index is 2.06. The van der Waals surface area contributed by atoms with Crippen LogP contribution in [-0.2, 0) is 26.2 Å². The maximum absolute atomic E-state index is 13.9. The van der Waals surface area contributed by atoms with Crippen molar-refractivity contribution in [1.29, 1.82) is 0 Å². The number of carbonyl (C=O) groups excluding carboxylic acids is 2. The van der Waals surface area contributed by atoms with Crippen molar-refractivity contribution in [1.82, 2.24) is 10.2 Å². The molecule has 2 amide bonds. The highest BCUT2D eigenvalue weighted by Crippen LogP contribution is 2.32. The molecule has 0 aliphatic rings. The van der Waals surface area contributed by atoms with E-state index in [-0.39, 0.29) is 29.1 Å². The van der Waals surface area contributed by atoms with Crippen LogP contribution in [-0.4, -0.2) is 50.4 Å². The van der Waals surface area contributed by atoms with Gasteiger partial charge in [-0.25, -0.2) is 8.42 Å². The number of benzene rings is 3. The van der Waals surface area contributed by atoms with Gasteiger partial charge in [0.15, 0.2) is 0 Å². The third kappa shape index (κ3) is 7.13. The molecule has 9 heteroatoms.